The molecular formula is C9H16O2. The van der Waals surface area contributed by atoms with Gasteiger partial charge in [-0.2, -0.15) is 0 Å². The van der Waals surface area contributed by atoms with Crippen molar-refractivity contribution in [3.8, 4) is 0 Å². The number of aliphatic hydroxyl groups excluding tert-OH is 1. The van der Waals surface area contributed by atoms with Gasteiger partial charge in [0.2, 0.25) is 0 Å². The predicted octanol–water partition coefficient (Wildman–Crippen LogP) is 1.71. The van der Waals surface area contributed by atoms with E-state index in [0.29, 0.717) is 0 Å². The molecule has 2 nitrogen and oxygen atoms in total. The molecule has 0 aliphatic rings. The van der Waals surface area contributed by atoms with Crippen molar-refractivity contribution in [1.82, 2.24) is 0 Å². The summed E-state index contributed by atoms with van der Waals surface area (Å²) in [6, 6.07) is 0. The van der Waals surface area contributed by atoms with Gasteiger partial charge in [-0.3, -0.25) is 4.79 Å². The van der Waals surface area contributed by atoms with Crippen LogP contribution < -0.4 is 0 Å². The molecule has 0 aromatic heterocycles. The topological polar surface area (TPSA) is 37.3 Å². The van der Waals surface area contributed by atoms with Gasteiger partial charge in [0.15, 0.2) is 0 Å². The maximum absolute atomic E-state index is 9.65. The SMILES string of the molecule is CC/C=C/C=C/C=O.CCO. The fourth-order valence-corrected chi connectivity index (χ4v) is 0.324. The van der Waals surface area contributed by atoms with Crippen LogP contribution in [0.2, 0.25) is 0 Å². The summed E-state index contributed by atoms with van der Waals surface area (Å²) in [7, 11) is 0. The van der Waals surface area contributed by atoms with E-state index in [1.165, 1.54) is 6.08 Å². The average molecular weight is 156 g/mol. The fraction of sp³-hybridized carbons (Fsp3) is 0.444. The maximum atomic E-state index is 9.65. The zero-order valence-corrected chi connectivity index (χ0v) is 7.16. The second-order valence-electron chi connectivity index (χ2n) is 1.67. The van der Waals surface area contributed by atoms with E-state index in [9.17, 15) is 4.79 Å². The third-order valence-corrected chi connectivity index (χ3v) is 0.673. The Kier molecular flexibility index (Phi) is 18.6. The van der Waals surface area contributed by atoms with E-state index in [-0.39, 0.29) is 6.61 Å². The smallest absolute Gasteiger partial charge is 0.142 e. The number of aldehydes is 1. The summed E-state index contributed by atoms with van der Waals surface area (Å²) in [5.41, 5.74) is 0. The highest BCUT2D eigenvalue weighted by atomic mass is 16.2. The molecule has 0 radical (unpaired) electrons. The second-order valence-corrected chi connectivity index (χ2v) is 1.67. The van der Waals surface area contributed by atoms with Gasteiger partial charge in [0.05, 0.1) is 0 Å². The van der Waals surface area contributed by atoms with Crippen molar-refractivity contribution in [2.45, 2.75) is 20.3 Å². The predicted molar refractivity (Wildman–Crippen MR) is 47.4 cm³/mol. The highest BCUT2D eigenvalue weighted by Gasteiger charge is 1.61. The van der Waals surface area contributed by atoms with Crippen LogP contribution in [0.1, 0.15) is 20.3 Å². The van der Waals surface area contributed by atoms with Gasteiger partial charge in [-0.05, 0) is 19.4 Å². The van der Waals surface area contributed by atoms with E-state index in [4.69, 9.17) is 5.11 Å². The summed E-state index contributed by atoms with van der Waals surface area (Å²) in [5, 5.41) is 7.57. The van der Waals surface area contributed by atoms with Crippen LogP contribution in [0.25, 0.3) is 0 Å². The Labute approximate surface area is 68.2 Å². The minimum atomic E-state index is 0.250. The third-order valence-electron chi connectivity index (χ3n) is 0.673. The molecule has 0 aliphatic carbocycles. The quantitative estimate of drug-likeness (QED) is 0.383. The lowest BCUT2D eigenvalue weighted by molar-refractivity contribution is -0.104. The molecule has 0 aliphatic heterocycles. The monoisotopic (exact) mass is 156 g/mol. The van der Waals surface area contributed by atoms with Gasteiger partial charge < -0.3 is 5.11 Å². The van der Waals surface area contributed by atoms with Crippen LogP contribution in [0.3, 0.4) is 0 Å². The lowest BCUT2D eigenvalue weighted by atomic mass is 10.4. The molecule has 0 heterocycles. The summed E-state index contributed by atoms with van der Waals surface area (Å²) >= 11 is 0. The Bertz CT molecular complexity index is 115. The molecule has 0 saturated heterocycles. The van der Waals surface area contributed by atoms with Crippen molar-refractivity contribution in [2.75, 3.05) is 6.61 Å². The second kappa shape index (κ2) is 16.1. The van der Waals surface area contributed by atoms with Gasteiger partial charge in [-0.1, -0.05) is 25.2 Å². The van der Waals surface area contributed by atoms with Crippen molar-refractivity contribution in [2.24, 2.45) is 0 Å². The van der Waals surface area contributed by atoms with Gasteiger partial charge in [0, 0.05) is 6.61 Å². The van der Waals surface area contributed by atoms with E-state index < -0.39 is 0 Å². The Hall–Kier alpha value is -0.890. The molecule has 1 N–H and O–H groups in total. The summed E-state index contributed by atoms with van der Waals surface area (Å²) in [6.45, 7) is 3.98. The van der Waals surface area contributed by atoms with Crippen molar-refractivity contribution < 1.29 is 9.90 Å². The molecule has 0 unspecified atom stereocenters. The molecule has 64 valence electrons. The lowest BCUT2D eigenvalue weighted by Gasteiger charge is -1.70. The molecule has 11 heavy (non-hydrogen) atoms. The molecule has 2 heteroatoms. The Morgan fingerprint density at radius 3 is 2.09 bits per heavy atom. The first-order valence-electron chi connectivity index (χ1n) is 3.71. The van der Waals surface area contributed by atoms with Gasteiger partial charge in [0.1, 0.15) is 6.29 Å². The highest BCUT2D eigenvalue weighted by Crippen LogP contribution is 1.79. The number of allylic oxidation sites excluding steroid dienone is 4. The zero-order chi connectivity index (χ0) is 8.95. The van der Waals surface area contributed by atoms with Gasteiger partial charge in [-0.15, -0.1) is 0 Å². The normalized spacial score (nSPS) is 9.73. The van der Waals surface area contributed by atoms with E-state index in [1.807, 2.05) is 19.1 Å². The molecule has 0 bridgehead atoms. The number of carbonyl (C=O) groups excluding carboxylic acids is 1. The van der Waals surface area contributed by atoms with E-state index in [2.05, 4.69) is 0 Å². The van der Waals surface area contributed by atoms with E-state index >= 15 is 0 Å². The van der Waals surface area contributed by atoms with Crippen LogP contribution in [0.15, 0.2) is 24.3 Å². The van der Waals surface area contributed by atoms with Crippen LogP contribution in [-0.4, -0.2) is 18.0 Å². The van der Waals surface area contributed by atoms with E-state index in [1.54, 1.807) is 13.0 Å². The van der Waals surface area contributed by atoms with Crippen molar-refractivity contribution in [1.29, 1.82) is 0 Å². The Morgan fingerprint density at radius 2 is 1.73 bits per heavy atom. The number of carbonyl (C=O) groups is 1. The van der Waals surface area contributed by atoms with Gasteiger partial charge in [-0.25, -0.2) is 0 Å². The van der Waals surface area contributed by atoms with Crippen molar-refractivity contribution >= 4 is 6.29 Å². The van der Waals surface area contributed by atoms with Crippen molar-refractivity contribution in [3.63, 3.8) is 0 Å². The molecule has 0 aromatic carbocycles. The Balaban J connectivity index is 0. The third kappa shape index (κ3) is 27.3. The molecule has 0 fully saturated rings. The maximum Gasteiger partial charge on any atom is 0.142 e. The van der Waals surface area contributed by atoms with Gasteiger partial charge >= 0.3 is 0 Å². The summed E-state index contributed by atoms with van der Waals surface area (Å²) < 4.78 is 0. The molecule has 0 aromatic rings. The first-order valence-corrected chi connectivity index (χ1v) is 3.71. The minimum absolute atomic E-state index is 0.250. The molecule has 0 spiro atoms. The molecular weight excluding hydrogens is 140 g/mol. The summed E-state index contributed by atoms with van der Waals surface area (Å²) in [5.74, 6) is 0. The zero-order valence-electron chi connectivity index (χ0n) is 7.16. The molecule has 0 atom stereocenters. The molecule has 0 saturated carbocycles. The van der Waals surface area contributed by atoms with Crippen LogP contribution >= 0.6 is 0 Å². The number of aliphatic hydroxyl groups is 1. The number of hydrogen-bond acceptors (Lipinski definition) is 2. The van der Waals surface area contributed by atoms with Crippen LogP contribution in [0.4, 0.5) is 0 Å². The highest BCUT2D eigenvalue weighted by molar-refractivity contribution is 5.65. The van der Waals surface area contributed by atoms with Crippen molar-refractivity contribution in [3.05, 3.63) is 24.3 Å². The van der Waals surface area contributed by atoms with Crippen LogP contribution in [-0.2, 0) is 4.79 Å². The first-order chi connectivity index (χ1) is 5.33. The number of rotatable bonds is 3. The minimum Gasteiger partial charge on any atom is -0.397 e. The van der Waals surface area contributed by atoms with E-state index in [0.717, 1.165) is 12.7 Å². The standard InChI is InChI=1S/C7H10O.C2H6O/c1-2-3-4-5-6-7-8;1-2-3/h3-7H,2H2,1H3;3H,2H2,1H3/b4-3+,6-5+;. The summed E-state index contributed by atoms with van der Waals surface area (Å²) in [4.78, 5) is 9.65. The molecule has 0 rings (SSSR count). The van der Waals surface area contributed by atoms with Crippen LogP contribution in [0, 0.1) is 0 Å². The average Bonchev–Trinajstić information content (AvgIpc) is 2.00. The Morgan fingerprint density at radius 1 is 1.18 bits per heavy atom. The van der Waals surface area contributed by atoms with Gasteiger partial charge in [0.25, 0.3) is 0 Å². The summed E-state index contributed by atoms with van der Waals surface area (Å²) in [6.07, 6.45) is 8.81. The fourth-order valence-electron chi connectivity index (χ4n) is 0.324. The molecule has 0 amide bonds. The largest absolute Gasteiger partial charge is 0.397 e. The van der Waals surface area contributed by atoms with Crippen LogP contribution in [0.5, 0.6) is 0 Å². The lowest BCUT2D eigenvalue weighted by Crippen LogP contribution is -1.57. The number of hydrogen-bond donors (Lipinski definition) is 1. The first kappa shape index (κ1) is 12.8.